The van der Waals surface area contributed by atoms with Gasteiger partial charge in [-0.15, -0.1) is 0 Å². The number of carbonyl (C=O) groups excluding carboxylic acids is 2. The van der Waals surface area contributed by atoms with Crippen molar-refractivity contribution in [3.63, 3.8) is 0 Å². The minimum absolute atomic E-state index is 0.0740. The van der Waals surface area contributed by atoms with Gasteiger partial charge in [0.25, 0.3) is 0 Å². The van der Waals surface area contributed by atoms with E-state index in [0.717, 1.165) is 10.5 Å². The van der Waals surface area contributed by atoms with Crippen LogP contribution in [0.15, 0.2) is 30.3 Å². The number of benzene rings is 1. The van der Waals surface area contributed by atoms with Gasteiger partial charge >= 0.3 is 5.97 Å². The molecule has 1 aliphatic rings. The number of rotatable bonds is 4. The van der Waals surface area contributed by atoms with Gasteiger partial charge in [-0.25, -0.2) is 0 Å². The first kappa shape index (κ1) is 14.2. The Hall–Kier alpha value is -2.17. The van der Waals surface area contributed by atoms with E-state index < -0.39 is 17.3 Å². The van der Waals surface area contributed by atoms with E-state index in [2.05, 4.69) is 0 Å². The highest BCUT2D eigenvalue weighted by atomic mass is 16.4. The topological polar surface area (TPSA) is 74.7 Å². The second-order valence-corrected chi connectivity index (χ2v) is 5.42. The van der Waals surface area contributed by atoms with Crippen LogP contribution >= 0.6 is 0 Å². The van der Waals surface area contributed by atoms with Crippen LogP contribution in [0.5, 0.6) is 0 Å². The van der Waals surface area contributed by atoms with Crippen molar-refractivity contribution < 1.29 is 19.5 Å². The Morgan fingerprint density at radius 1 is 1.35 bits per heavy atom. The smallest absolute Gasteiger partial charge is 0.308 e. The molecule has 1 aliphatic heterocycles. The van der Waals surface area contributed by atoms with E-state index in [9.17, 15) is 14.4 Å². The minimum Gasteiger partial charge on any atom is -0.481 e. The molecule has 1 N–H and O–H groups in total. The molecule has 0 bridgehead atoms. The van der Waals surface area contributed by atoms with Gasteiger partial charge in [-0.1, -0.05) is 37.3 Å². The number of likely N-dealkylation sites (tertiary alicyclic amines) is 1. The summed E-state index contributed by atoms with van der Waals surface area (Å²) in [5.41, 5.74) is -0.111. The second kappa shape index (κ2) is 5.07. The Labute approximate surface area is 117 Å². The summed E-state index contributed by atoms with van der Waals surface area (Å²) >= 11 is 0. The summed E-state index contributed by atoms with van der Waals surface area (Å²) in [5, 5.41) is 8.91. The van der Waals surface area contributed by atoms with Crippen molar-refractivity contribution in [2.75, 3.05) is 6.54 Å². The monoisotopic (exact) mass is 275 g/mol. The zero-order valence-corrected chi connectivity index (χ0v) is 11.5. The molecule has 0 saturated carbocycles. The molecule has 20 heavy (non-hydrogen) atoms. The van der Waals surface area contributed by atoms with Gasteiger partial charge in [0.2, 0.25) is 11.8 Å². The molecular weight excluding hydrogens is 258 g/mol. The number of hydrogen-bond donors (Lipinski definition) is 1. The van der Waals surface area contributed by atoms with Gasteiger partial charge in [0.05, 0.1) is 11.3 Å². The fraction of sp³-hybridized carbons (Fsp3) is 0.400. The van der Waals surface area contributed by atoms with E-state index in [1.54, 1.807) is 6.92 Å². The fourth-order valence-corrected chi connectivity index (χ4v) is 2.45. The molecule has 106 valence electrons. The molecule has 2 atom stereocenters. The lowest BCUT2D eigenvalue weighted by molar-refractivity contribution is -0.145. The van der Waals surface area contributed by atoms with Gasteiger partial charge < -0.3 is 5.11 Å². The quantitative estimate of drug-likeness (QED) is 0.843. The molecule has 5 heteroatoms. The molecule has 0 spiro atoms. The predicted molar refractivity (Wildman–Crippen MR) is 71.9 cm³/mol. The Morgan fingerprint density at radius 3 is 2.50 bits per heavy atom. The van der Waals surface area contributed by atoms with Gasteiger partial charge in [-0.3, -0.25) is 19.3 Å². The third-order valence-corrected chi connectivity index (χ3v) is 3.81. The van der Waals surface area contributed by atoms with Crippen LogP contribution in [0.25, 0.3) is 0 Å². The van der Waals surface area contributed by atoms with Crippen molar-refractivity contribution >= 4 is 17.8 Å². The average molecular weight is 275 g/mol. The highest BCUT2D eigenvalue weighted by Gasteiger charge is 2.49. The second-order valence-electron chi connectivity index (χ2n) is 5.42. The van der Waals surface area contributed by atoms with Gasteiger partial charge in [0, 0.05) is 13.0 Å². The summed E-state index contributed by atoms with van der Waals surface area (Å²) in [6.07, 6.45) is 0.0855. The van der Waals surface area contributed by atoms with Gasteiger partial charge in [-0.05, 0) is 12.5 Å². The normalized spacial score (nSPS) is 24.0. The zero-order valence-electron chi connectivity index (χ0n) is 11.5. The molecule has 2 rings (SSSR count). The van der Waals surface area contributed by atoms with Crippen molar-refractivity contribution in [1.82, 2.24) is 4.90 Å². The number of aliphatic carboxylic acids is 1. The van der Waals surface area contributed by atoms with Crippen LogP contribution in [0.3, 0.4) is 0 Å². The Bertz CT molecular complexity index is 554. The number of carboxylic acid groups (broad SMARTS) is 1. The van der Waals surface area contributed by atoms with Crippen LogP contribution in [-0.2, 0) is 19.8 Å². The Kier molecular flexibility index (Phi) is 3.61. The van der Waals surface area contributed by atoms with E-state index in [1.807, 2.05) is 30.3 Å². The lowest BCUT2D eigenvalue weighted by Gasteiger charge is -2.23. The highest BCUT2D eigenvalue weighted by Crippen LogP contribution is 2.36. The molecule has 1 aromatic rings. The standard InChI is InChI=1S/C15H17NO4/c1-10(13(18)19)9-16-12(17)8-15(2,14(16)20)11-6-4-3-5-7-11/h3-7,10H,8-9H2,1-2H3,(H,18,19). The third kappa shape index (κ3) is 2.31. The van der Waals surface area contributed by atoms with Crippen molar-refractivity contribution in [3.05, 3.63) is 35.9 Å². The maximum absolute atomic E-state index is 12.5. The van der Waals surface area contributed by atoms with Gasteiger partial charge in [0.1, 0.15) is 0 Å². The molecule has 1 heterocycles. The van der Waals surface area contributed by atoms with E-state index in [4.69, 9.17) is 5.11 Å². The lowest BCUT2D eigenvalue weighted by Crippen LogP contribution is -2.40. The number of amides is 2. The first-order valence-corrected chi connectivity index (χ1v) is 6.49. The Morgan fingerprint density at radius 2 is 1.95 bits per heavy atom. The van der Waals surface area contributed by atoms with E-state index in [0.29, 0.717) is 0 Å². The predicted octanol–water partition coefficient (Wildman–Crippen LogP) is 1.42. The molecular formula is C15H17NO4. The zero-order chi connectivity index (χ0) is 14.9. The largest absolute Gasteiger partial charge is 0.481 e. The SMILES string of the molecule is CC(CN1C(=O)CC(C)(c2ccccc2)C1=O)C(=O)O. The molecule has 2 unspecified atom stereocenters. The summed E-state index contributed by atoms with van der Waals surface area (Å²) in [7, 11) is 0. The van der Waals surface area contributed by atoms with Crippen LogP contribution in [0.4, 0.5) is 0 Å². The molecule has 1 aromatic carbocycles. The van der Waals surface area contributed by atoms with Crippen molar-refractivity contribution in [3.8, 4) is 0 Å². The van der Waals surface area contributed by atoms with Crippen LogP contribution in [0.1, 0.15) is 25.8 Å². The molecule has 0 aromatic heterocycles. The molecule has 2 amide bonds. The van der Waals surface area contributed by atoms with Crippen molar-refractivity contribution in [1.29, 1.82) is 0 Å². The number of imide groups is 1. The summed E-state index contributed by atoms with van der Waals surface area (Å²) < 4.78 is 0. The molecule has 1 fully saturated rings. The first-order chi connectivity index (χ1) is 9.36. The van der Waals surface area contributed by atoms with Gasteiger partial charge in [0.15, 0.2) is 0 Å². The fourth-order valence-electron chi connectivity index (χ4n) is 2.45. The number of nitrogens with zero attached hydrogens (tertiary/aromatic N) is 1. The van der Waals surface area contributed by atoms with E-state index in [1.165, 1.54) is 6.92 Å². The number of carboxylic acids is 1. The summed E-state index contributed by atoms with van der Waals surface area (Å²) in [4.78, 5) is 36.5. The average Bonchev–Trinajstić information content (AvgIpc) is 2.64. The van der Waals surface area contributed by atoms with Crippen LogP contribution in [-0.4, -0.2) is 34.3 Å². The molecule has 0 aliphatic carbocycles. The van der Waals surface area contributed by atoms with Crippen molar-refractivity contribution in [2.45, 2.75) is 25.7 Å². The van der Waals surface area contributed by atoms with Crippen LogP contribution < -0.4 is 0 Å². The summed E-state index contributed by atoms with van der Waals surface area (Å²) in [6, 6.07) is 9.12. The maximum Gasteiger partial charge on any atom is 0.308 e. The summed E-state index contributed by atoms with van der Waals surface area (Å²) in [6.45, 7) is 3.14. The number of hydrogen-bond acceptors (Lipinski definition) is 3. The van der Waals surface area contributed by atoms with Crippen LogP contribution in [0, 0.1) is 5.92 Å². The summed E-state index contributed by atoms with van der Waals surface area (Å²) in [5.74, 6) is -2.41. The minimum atomic E-state index is -1.01. The van der Waals surface area contributed by atoms with Crippen LogP contribution in [0.2, 0.25) is 0 Å². The molecule has 0 radical (unpaired) electrons. The molecule has 1 saturated heterocycles. The van der Waals surface area contributed by atoms with Gasteiger partial charge in [-0.2, -0.15) is 0 Å². The number of carbonyl (C=O) groups is 3. The highest BCUT2D eigenvalue weighted by molar-refractivity contribution is 6.09. The molecule has 5 nitrogen and oxygen atoms in total. The van der Waals surface area contributed by atoms with E-state index in [-0.39, 0.29) is 24.8 Å². The maximum atomic E-state index is 12.5. The Balaban J connectivity index is 2.27. The van der Waals surface area contributed by atoms with E-state index >= 15 is 0 Å². The first-order valence-electron chi connectivity index (χ1n) is 6.49. The van der Waals surface area contributed by atoms with Crippen molar-refractivity contribution in [2.24, 2.45) is 5.92 Å². The lowest BCUT2D eigenvalue weighted by atomic mass is 9.81. The third-order valence-electron chi connectivity index (χ3n) is 3.81.